The molecule has 4 heteroatoms. The average molecular weight is 263 g/mol. The molecule has 19 heavy (non-hydrogen) atoms. The topological polar surface area (TPSA) is 57.6 Å². The highest BCUT2D eigenvalue weighted by atomic mass is 16.4. The molecule has 0 aromatic heterocycles. The summed E-state index contributed by atoms with van der Waals surface area (Å²) < 4.78 is 0. The van der Waals surface area contributed by atoms with Crippen molar-refractivity contribution in [2.24, 2.45) is 0 Å². The third-order valence-corrected chi connectivity index (χ3v) is 3.31. The van der Waals surface area contributed by atoms with Gasteiger partial charge in [0.2, 0.25) is 5.91 Å². The van der Waals surface area contributed by atoms with Gasteiger partial charge in [-0.05, 0) is 32.3 Å². The number of carbonyl (C=O) groups is 2. The molecule has 0 fully saturated rings. The molecule has 0 aliphatic carbocycles. The highest BCUT2D eigenvalue weighted by molar-refractivity contribution is 5.83. The van der Waals surface area contributed by atoms with E-state index in [9.17, 15) is 9.59 Å². The quantitative estimate of drug-likeness (QED) is 0.856. The van der Waals surface area contributed by atoms with Crippen molar-refractivity contribution >= 4 is 11.9 Å². The summed E-state index contributed by atoms with van der Waals surface area (Å²) in [6, 6.07) is 7.45. The molecule has 0 radical (unpaired) electrons. The van der Waals surface area contributed by atoms with Crippen LogP contribution in [0.2, 0.25) is 0 Å². The van der Waals surface area contributed by atoms with Crippen molar-refractivity contribution in [3.8, 4) is 0 Å². The van der Waals surface area contributed by atoms with Crippen molar-refractivity contribution < 1.29 is 14.7 Å². The van der Waals surface area contributed by atoms with Gasteiger partial charge in [0.05, 0.1) is 0 Å². The number of carbonyl (C=O) groups excluding carboxylic acids is 1. The zero-order valence-electron chi connectivity index (χ0n) is 11.7. The van der Waals surface area contributed by atoms with Crippen LogP contribution in [0.4, 0.5) is 0 Å². The van der Waals surface area contributed by atoms with Gasteiger partial charge in [-0.15, -0.1) is 0 Å². The fraction of sp³-hybridized carbons (Fsp3) is 0.467. The lowest BCUT2D eigenvalue weighted by atomic mass is 10.1. The van der Waals surface area contributed by atoms with Gasteiger partial charge in [0.25, 0.3) is 0 Å². The Labute approximate surface area is 114 Å². The minimum atomic E-state index is -0.977. The Morgan fingerprint density at radius 2 is 1.84 bits per heavy atom. The van der Waals surface area contributed by atoms with Gasteiger partial charge in [-0.1, -0.05) is 29.8 Å². The Morgan fingerprint density at radius 3 is 2.37 bits per heavy atom. The monoisotopic (exact) mass is 263 g/mol. The number of carboxylic acids is 1. The minimum absolute atomic E-state index is 0.123. The lowest BCUT2D eigenvalue weighted by molar-refractivity contribution is -0.148. The van der Waals surface area contributed by atoms with Gasteiger partial charge in [0, 0.05) is 13.5 Å². The summed E-state index contributed by atoms with van der Waals surface area (Å²) in [5, 5.41) is 8.84. The van der Waals surface area contributed by atoms with Gasteiger partial charge in [-0.3, -0.25) is 4.79 Å². The third-order valence-electron chi connectivity index (χ3n) is 3.31. The van der Waals surface area contributed by atoms with Crippen LogP contribution in [0, 0.1) is 6.92 Å². The number of carboxylic acid groups (broad SMARTS) is 1. The highest BCUT2D eigenvalue weighted by Gasteiger charge is 2.20. The standard InChI is InChI=1S/C15H21NO3/c1-11-7-9-13(10-8-11)5-4-6-14(17)16(3)12(2)15(18)19/h7-10,12H,4-6H2,1-3H3,(H,18,19). The smallest absolute Gasteiger partial charge is 0.326 e. The lowest BCUT2D eigenvalue weighted by Crippen LogP contribution is -2.40. The maximum Gasteiger partial charge on any atom is 0.326 e. The highest BCUT2D eigenvalue weighted by Crippen LogP contribution is 2.09. The number of hydrogen-bond acceptors (Lipinski definition) is 2. The average Bonchev–Trinajstić information content (AvgIpc) is 2.39. The molecule has 1 aromatic rings. The summed E-state index contributed by atoms with van der Waals surface area (Å²) in [4.78, 5) is 23.9. The molecular weight excluding hydrogens is 242 g/mol. The van der Waals surface area contributed by atoms with Crippen LogP contribution in [0.25, 0.3) is 0 Å². The molecule has 0 saturated carbocycles. The maximum atomic E-state index is 11.8. The molecule has 0 bridgehead atoms. The van der Waals surface area contributed by atoms with Gasteiger partial charge >= 0.3 is 5.97 Å². The summed E-state index contributed by atoms with van der Waals surface area (Å²) in [5.41, 5.74) is 2.42. The second-order valence-corrected chi connectivity index (χ2v) is 4.86. The Hall–Kier alpha value is -1.84. The predicted octanol–water partition coefficient (Wildman–Crippen LogP) is 2.25. The van der Waals surface area contributed by atoms with Crippen LogP contribution in [0.5, 0.6) is 0 Å². The number of amides is 1. The van der Waals surface area contributed by atoms with Crippen LogP contribution in [0.3, 0.4) is 0 Å². The number of rotatable bonds is 6. The fourth-order valence-corrected chi connectivity index (χ4v) is 1.76. The maximum absolute atomic E-state index is 11.8. The first-order chi connectivity index (χ1) is 8.91. The Kier molecular flexibility index (Phi) is 5.55. The van der Waals surface area contributed by atoms with E-state index in [-0.39, 0.29) is 5.91 Å². The predicted molar refractivity (Wildman–Crippen MR) is 74.0 cm³/mol. The van der Waals surface area contributed by atoms with Gasteiger partial charge < -0.3 is 10.0 Å². The molecule has 0 aliphatic rings. The number of benzene rings is 1. The van der Waals surface area contributed by atoms with E-state index in [0.717, 1.165) is 12.8 Å². The Morgan fingerprint density at radius 1 is 1.26 bits per heavy atom. The third kappa shape index (κ3) is 4.73. The number of aryl methyl sites for hydroxylation is 2. The van der Waals surface area contributed by atoms with E-state index in [1.165, 1.54) is 30.0 Å². The minimum Gasteiger partial charge on any atom is -0.480 e. The van der Waals surface area contributed by atoms with Gasteiger partial charge in [0.1, 0.15) is 6.04 Å². The molecule has 0 heterocycles. The van der Waals surface area contributed by atoms with Crippen molar-refractivity contribution in [2.75, 3.05) is 7.05 Å². The number of nitrogens with zero attached hydrogens (tertiary/aromatic N) is 1. The zero-order valence-corrected chi connectivity index (χ0v) is 11.7. The van der Waals surface area contributed by atoms with E-state index in [1.807, 2.05) is 6.92 Å². The molecule has 1 unspecified atom stereocenters. The van der Waals surface area contributed by atoms with E-state index < -0.39 is 12.0 Å². The van der Waals surface area contributed by atoms with Crippen LogP contribution >= 0.6 is 0 Å². The van der Waals surface area contributed by atoms with Crippen LogP contribution in [-0.2, 0) is 16.0 Å². The second-order valence-electron chi connectivity index (χ2n) is 4.86. The van der Waals surface area contributed by atoms with Crippen LogP contribution in [0.15, 0.2) is 24.3 Å². The van der Waals surface area contributed by atoms with E-state index in [4.69, 9.17) is 5.11 Å². The molecule has 1 N–H and O–H groups in total. The summed E-state index contributed by atoms with van der Waals surface area (Å²) >= 11 is 0. The molecule has 0 saturated heterocycles. The molecule has 4 nitrogen and oxygen atoms in total. The number of hydrogen-bond donors (Lipinski definition) is 1. The van der Waals surface area contributed by atoms with E-state index in [1.54, 1.807) is 0 Å². The summed E-state index contributed by atoms with van der Waals surface area (Å²) in [5.74, 6) is -1.10. The van der Waals surface area contributed by atoms with E-state index in [0.29, 0.717) is 6.42 Å². The van der Waals surface area contributed by atoms with Crippen LogP contribution < -0.4 is 0 Å². The van der Waals surface area contributed by atoms with Crippen molar-refractivity contribution in [3.63, 3.8) is 0 Å². The molecule has 1 atom stereocenters. The largest absolute Gasteiger partial charge is 0.480 e. The molecular formula is C15H21NO3. The SMILES string of the molecule is Cc1ccc(CCCC(=O)N(C)C(C)C(=O)O)cc1. The lowest BCUT2D eigenvalue weighted by Gasteiger charge is -2.21. The zero-order chi connectivity index (χ0) is 14.4. The van der Waals surface area contributed by atoms with Crippen molar-refractivity contribution in [2.45, 2.75) is 39.2 Å². The van der Waals surface area contributed by atoms with Crippen molar-refractivity contribution in [3.05, 3.63) is 35.4 Å². The van der Waals surface area contributed by atoms with Crippen LogP contribution in [-0.4, -0.2) is 35.0 Å². The molecule has 104 valence electrons. The molecule has 0 aliphatic heterocycles. The Bertz CT molecular complexity index is 439. The van der Waals surface area contributed by atoms with Crippen molar-refractivity contribution in [1.29, 1.82) is 0 Å². The molecule has 1 aromatic carbocycles. The first kappa shape index (κ1) is 15.2. The molecule has 1 rings (SSSR count). The first-order valence-corrected chi connectivity index (χ1v) is 6.46. The number of likely N-dealkylation sites (N-methyl/N-ethyl adjacent to an activating group) is 1. The van der Waals surface area contributed by atoms with Crippen LogP contribution in [0.1, 0.15) is 30.9 Å². The van der Waals surface area contributed by atoms with E-state index in [2.05, 4.69) is 24.3 Å². The summed E-state index contributed by atoms with van der Waals surface area (Å²) in [6.45, 7) is 3.55. The van der Waals surface area contributed by atoms with Gasteiger partial charge in [-0.25, -0.2) is 4.79 Å². The first-order valence-electron chi connectivity index (χ1n) is 6.46. The Balaban J connectivity index is 2.38. The number of aliphatic carboxylic acids is 1. The summed E-state index contributed by atoms with van der Waals surface area (Å²) in [7, 11) is 1.53. The van der Waals surface area contributed by atoms with E-state index >= 15 is 0 Å². The normalized spacial score (nSPS) is 11.9. The van der Waals surface area contributed by atoms with Gasteiger partial charge in [0.15, 0.2) is 0 Å². The molecule has 1 amide bonds. The van der Waals surface area contributed by atoms with Gasteiger partial charge in [-0.2, -0.15) is 0 Å². The van der Waals surface area contributed by atoms with Crippen molar-refractivity contribution in [1.82, 2.24) is 4.90 Å². The molecule has 0 spiro atoms. The fourth-order valence-electron chi connectivity index (χ4n) is 1.76. The summed E-state index contributed by atoms with van der Waals surface area (Å²) in [6.07, 6.45) is 1.95. The second kappa shape index (κ2) is 6.92.